The van der Waals surface area contributed by atoms with Crippen molar-refractivity contribution in [1.29, 1.82) is 0 Å². The Morgan fingerprint density at radius 2 is 1.58 bits per heavy atom. The Morgan fingerprint density at radius 3 is 1.83 bits per heavy atom. The molecule has 0 rings (SSSR count). The highest BCUT2D eigenvalue weighted by Crippen LogP contribution is 2.23. The van der Waals surface area contributed by atoms with Crippen LogP contribution in [0.2, 0.25) is 0 Å². The quantitative estimate of drug-likeness (QED) is 0.682. The average molecular weight is 174 g/mol. The van der Waals surface area contributed by atoms with E-state index in [0.717, 1.165) is 0 Å². The van der Waals surface area contributed by atoms with Crippen LogP contribution < -0.4 is 0 Å². The third-order valence-corrected chi connectivity index (χ3v) is 2.57. The first-order valence-electron chi connectivity index (χ1n) is 4.65. The lowest BCUT2D eigenvalue weighted by Crippen LogP contribution is -2.32. The Labute approximate surface area is 75.6 Å². The molecule has 0 aliphatic heterocycles. The number of rotatable bonds is 4. The summed E-state index contributed by atoms with van der Waals surface area (Å²) in [7, 11) is 0. The second-order valence-electron chi connectivity index (χ2n) is 4.60. The Morgan fingerprint density at radius 1 is 1.17 bits per heavy atom. The average Bonchev–Trinajstić information content (AvgIpc) is 1.85. The molecule has 12 heavy (non-hydrogen) atoms. The Balaban J connectivity index is 3.93. The SMILES string of the molecule is CC(C)[C@@H](O)C[C@H](C)C(C)(C)O. The number of hydrogen-bond acceptors (Lipinski definition) is 2. The zero-order valence-corrected chi connectivity index (χ0v) is 8.83. The molecule has 0 unspecified atom stereocenters. The molecule has 0 aromatic heterocycles. The second kappa shape index (κ2) is 4.24. The lowest BCUT2D eigenvalue weighted by atomic mass is 9.85. The van der Waals surface area contributed by atoms with Gasteiger partial charge in [0.1, 0.15) is 0 Å². The molecule has 0 fully saturated rings. The number of aliphatic hydroxyl groups is 2. The van der Waals surface area contributed by atoms with E-state index < -0.39 is 5.60 Å². The van der Waals surface area contributed by atoms with Crippen LogP contribution in [0.1, 0.15) is 41.0 Å². The van der Waals surface area contributed by atoms with Crippen LogP contribution in [0.5, 0.6) is 0 Å². The monoisotopic (exact) mass is 174 g/mol. The molecule has 0 bridgehead atoms. The molecule has 74 valence electrons. The first-order chi connectivity index (χ1) is 5.25. The van der Waals surface area contributed by atoms with Gasteiger partial charge in [-0.05, 0) is 32.1 Å². The fourth-order valence-corrected chi connectivity index (χ4v) is 0.923. The normalized spacial score (nSPS) is 18.0. The summed E-state index contributed by atoms with van der Waals surface area (Å²) in [6.07, 6.45) is 0.368. The van der Waals surface area contributed by atoms with E-state index in [1.807, 2.05) is 20.8 Å². The fraction of sp³-hybridized carbons (Fsp3) is 1.00. The summed E-state index contributed by atoms with van der Waals surface area (Å²) in [4.78, 5) is 0. The molecule has 2 heteroatoms. The predicted molar refractivity (Wildman–Crippen MR) is 50.9 cm³/mol. The van der Waals surface area contributed by atoms with Crippen molar-refractivity contribution in [2.45, 2.75) is 52.7 Å². The highest BCUT2D eigenvalue weighted by molar-refractivity contribution is 4.76. The molecule has 0 saturated carbocycles. The maximum Gasteiger partial charge on any atom is 0.0618 e. The summed E-state index contributed by atoms with van der Waals surface area (Å²) >= 11 is 0. The van der Waals surface area contributed by atoms with Gasteiger partial charge in [0.05, 0.1) is 11.7 Å². The highest BCUT2D eigenvalue weighted by Gasteiger charge is 2.25. The minimum atomic E-state index is -0.685. The van der Waals surface area contributed by atoms with Crippen LogP contribution in [-0.4, -0.2) is 21.9 Å². The van der Waals surface area contributed by atoms with Gasteiger partial charge in [-0.15, -0.1) is 0 Å². The third kappa shape index (κ3) is 4.07. The van der Waals surface area contributed by atoms with Gasteiger partial charge in [-0.2, -0.15) is 0 Å². The molecule has 0 aliphatic rings. The van der Waals surface area contributed by atoms with Crippen molar-refractivity contribution < 1.29 is 10.2 Å². The van der Waals surface area contributed by atoms with Gasteiger partial charge in [-0.25, -0.2) is 0 Å². The van der Waals surface area contributed by atoms with Gasteiger partial charge in [0.2, 0.25) is 0 Å². The van der Waals surface area contributed by atoms with Gasteiger partial charge in [0, 0.05) is 0 Å². The zero-order chi connectivity index (χ0) is 9.94. The van der Waals surface area contributed by atoms with Gasteiger partial charge < -0.3 is 10.2 Å². The lowest BCUT2D eigenvalue weighted by Gasteiger charge is -2.28. The molecule has 2 atom stereocenters. The molecule has 0 heterocycles. The van der Waals surface area contributed by atoms with Crippen molar-refractivity contribution in [2.75, 3.05) is 0 Å². The first kappa shape index (κ1) is 11.9. The summed E-state index contributed by atoms with van der Waals surface area (Å²) in [5.41, 5.74) is -0.685. The molecule has 2 N–H and O–H groups in total. The van der Waals surface area contributed by atoms with E-state index in [2.05, 4.69) is 0 Å². The van der Waals surface area contributed by atoms with Crippen LogP contribution >= 0.6 is 0 Å². The van der Waals surface area contributed by atoms with Crippen LogP contribution in [0.4, 0.5) is 0 Å². The first-order valence-corrected chi connectivity index (χ1v) is 4.65. The van der Waals surface area contributed by atoms with E-state index in [-0.39, 0.29) is 17.9 Å². The van der Waals surface area contributed by atoms with Gasteiger partial charge >= 0.3 is 0 Å². The highest BCUT2D eigenvalue weighted by atomic mass is 16.3. The summed E-state index contributed by atoms with van der Waals surface area (Å²) in [5, 5.41) is 19.2. The fourth-order valence-electron chi connectivity index (χ4n) is 0.923. The van der Waals surface area contributed by atoms with Gasteiger partial charge in [-0.3, -0.25) is 0 Å². The van der Waals surface area contributed by atoms with Crippen LogP contribution in [0.25, 0.3) is 0 Å². The second-order valence-corrected chi connectivity index (χ2v) is 4.60. The molecule has 0 saturated heterocycles. The maximum atomic E-state index is 9.61. The molecular formula is C10H22O2. The van der Waals surface area contributed by atoms with Crippen LogP contribution in [0, 0.1) is 11.8 Å². The minimum absolute atomic E-state index is 0.134. The minimum Gasteiger partial charge on any atom is -0.393 e. The Bertz CT molecular complexity index is 124. The molecule has 0 radical (unpaired) electrons. The zero-order valence-electron chi connectivity index (χ0n) is 8.83. The molecule has 0 spiro atoms. The van der Waals surface area contributed by atoms with Crippen molar-refractivity contribution >= 4 is 0 Å². The lowest BCUT2D eigenvalue weighted by molar-refractivity contribution is -0.00764. The standard InChI is InChI=1S/C10H22O2/c1-7(2)9(11)6-8(3)10(4,5)12/h7-9,11-12H,6H2,1-5H3/t8-,9-/m0/s1. The number of hydrogen-bond donors (Lipinski definition) is 2. The Hall–Kier alpha value is -0.0800. The van der Waals surface area contributed by atoms with E-state index in [1.54, 1.807) is 13.8 Å². The van der Waals surface area contributed by atoms with E-state index in [0.29, 0.717) is 6.42 Å². The maximum absolute atomic E-state index is 9.61. The van der Waals surface area contributed by atoms with Gasteiger partial charge in [-0.1, -0.05) is 20.8 Å². The molecule has 0 aromatic rings. The van der Waals surface area contributed by atoms with Crippen LogP contribution in [0.3, 0.4) is 0 Å². The van der Waals surface area contributed by atoms with E-state index in [1.165, 1.54) is 0 Å². The summed E-state index contributed by atoms with van der Waals surface area (Å²) in [5.74, 6) is 0.407. The van der Waals surface area contributed by atoms with Gasteiger partial charge in [0.25, 0.3) is 0 Å². The largest absolute Gasteiger partial charge is 0.393 e. The van der Waals surface area contributed by atoms with Crippen molar-refractivity contribution in [2.24, 2.45) is 11.8 Å². The van der Waals surface area contributed by atoms with E-state index >= 15 is 0 Å². The van der Waals surface area contributed by atoms with Crippen LogP contribution in [0.15, 0.2) is 0 Å². The molecule has 0 aliphatic carbocycles. The molecular weight excluding hydrogens is 152 g/mol. The smallest absolute Gasteiger partial charge is 0.0618 e. The van der Waals surface area contributed by atoms with Crippen molar-refractivity contribution in [3.05, 3.63) is 0 Å². The third-order valence-electron chi connectivity index (χ3n) is 2.57. The topological polar surface area (TPSA) is 40.5 Å². The van der Waals surface area contributed by atoms with Gasteiger partial charge in [0.15, 0.2) is 0 Å². The molecule has 0 aromatic carbocycles. The van der Waals surface area contributed by atoms with Crippen molar-refractivity contribution in [1.82, 2.24) is 0 Å². The van der Waals surface area contributed by atoms with E-state index in [9.17, 15) is 10.2 Å². The van der Waals surface area contributed by atoms with Crippen molar-refractivity contribution in [3.63, 3.8) is 0 Å². The van der Waals surface area contributed by atoms with E-state index in [4.69, 9.17) is 0 Å². The van der Waals surface area contributed by atoms with Crippen LogP contribution in [-0.2, 0) is 0 Å². The summed E-state index contributed by atoms with van der Waals surface area (Å²) < 4.78 is 0. The van der Waals surface area contributed by atoms with Crippen molar-refractivity contribution in [3.8, 4) is 0 Å². The summed E-state index contributed by atoms with van der Waals surface area (Å²) in [6.45, 7) is 9.50. The summed E-state index contributed by atoms with van der Waals surface area (Å²) in [6, 6.07) is 0. The molecule has 2 nitrogen and oxygen atoms in total. The molecule has 0 amide bonds. The Kier molecular flexibility index (Phi) is 4.21. The predicted octanol–water partition coefficient (Wildman–Crippen LogP) is 1.80. The number of aliphatic hydroxyl groups excluding tert-OH is 1.